The lowest BCUT2D eigenvalue weighted by atomic mass is 10.1. The summed E-state index contributed by atoms with van der Waals surface area (Å²) in [5.41, 5.74) is 1.24. The van der Waals surface area contributed by atoms with Gasteiger partial charge in [-0.2, -0.15) is 0 Å². The molecule has 0 bridgehead atoms. The minimum atomic E-state index is -3.92. The number of benzene rings is 3. The van der Waals surface area contributed by atoms with Crippen molar-refractivity contribution in [2.24, 2.45) is 0 Å². The summed E-state index contributed by atoms with van der Waals surface area (Å²) in [4.78, 5) is 25.7. The molecular formula is C28H27N3O7S. The summed E-state index contributed by atoms with van der Waals surface area (Å²) in [6.07, 6.45) is 1.52. The first-order valence-electron chi connectivity index (χ1n) is 11.8. The molecule has 2 N–H and O–H groups in total. The minimum Gasteiger partial charge on any atom is -0.493 e. The van der Waals surface area contributed by atoms with E-state index in [9.17, 15) is 18.0 Å². The van der Waals surface area contributed by atoms with E-state index in [-0.39, 0.29) is 34.2 Å². The molecule has 3 aromatic carbocycles. The van der Waals surface area contributed by atoms with Crippen molar-refractivity contribution in [2.45, 2.75) is 11.4 Å². The highest BCUT2D eigenvalue weighted by Gasteiger charge is 2.23. The summed E-state index contributed by atoms with van der Waals surface area (Å²) in [5, 5.41) is 5.50. The van der Waals surface area contributed by atoms with Gasteiger partial charge in [-0.15, -0.1) is 0 Å². The van der Waals surface area contributed by atoms with Gasteiger partial charge in [0.05, 0.1) is 48.9 Å². The zero-order chi connectivity index (χ0) is 28.0. The van der Waals surface area contributed by atoms with Crippen LogP contribution in [-0.4, -0.2) is 41.5 Å². The van der Waals surface area contributed by atoms with Gasteiger partial charge in [0.25, 0.3) is 21.8 Å². The third kappa shape index (κ3) is 6.04. The van der Waals surface area contributed by atoms with Gasteiger partial charge in [-0.3, -0.25) is 13.9 Å². The van der Waals surface area contributed by atoms with Crippen LogP contribution in [0.2, 0.25) is 0 Å². The van der Waals surface area contributed by atoms with E-state index in [1.54, 1.807) is 36.4 Å². The number of sulfonamides is 1. The van der Waals surface area contributed by atoms with Gasteiger partial charge in [-0.05, 0) is 60.7 Å². The third-order valence-corrected chi connectivity index (χ3v) is 7.71. The molecule has 1 aromatic heterocycles. The molecule has 11 heteroatoms. The molecule has 0 saturated heterocycles. The Hall–Kier alpha value is -4.77. The SMILES string of the molecule is COc1ccc(S(=O)(=O)N(C)c2ccc(C(=O)Nc3ccccc3C(=O)NCc3ccco3)cc2)cc1OC. The Kier molecular flexibility index (Phi) is 8.21. The lowest BCUT2D eigenvalue weighted by Crippen LogP contribution is -2.26. The first-order valence-corrected chi connectivity index (χ1v) is 13.2. The monoisotopic (exact) mass is 549 g/mol. The molecule has 0 fully saturated rings. The van der Waals surface area contributed by atoms with Crippen LogP contribution in [0.5, 0.6) is 11.5 Å². The van der Waals surface area contributed by atoms with Crippen LogP contribution in [0.15, 0.2) is 94.4 Å². The van der Waals surface area contributed by atoms with Crippen molar-refractivity contribution in [1.82, 2.24) is 5.32 Å². The number of carbonyl (C=O) groups excluding carboxylic acids is 2. The highest BCUT2D eigenvalue weighted by atomic mass is 32.2. The molecule has 202 valence electrons. The predicted molar refractivity (Wildman–Crippen MR) is 146 cm³/mol. The van der Waals surface area contributed by atoms with Crippen LogP contribution in [0.3, 0.4) is 0 Å². The zero-order valence-electron chi connectivity index (χ0n) is 21.5. The zero-order valence-corrected chi connectivity index (χ0v) is 22.3. The minimum absolute atomic E-state index is 0.0198. The summed E-state index contributed by atoms with van der Waals surface area (Å²) in [6, 6.07) is 20.5. The number of anilines is 2. The van der Waals surface area contributed by atoms with Crippen LogP contribution in [0.4, 0.5) is 11.4 Å². The second-order valence-electron chi connectivity index (χ2n) is 8.30. The molecule has 2 amide bonds. The van der Waals surface area contributed by atoms with Gasteiger partial charge >= 0.3 is 0 Å². The second kappa shape index (κ2) is 11.7. The van der Waals surface area contributed by atoms with E-state index in [0.29, 0.717) is 22.9 Å². The quantitative estimate of drug-likeness (QED) is 0.302. The maximum atomic E-state index is 13.2. The van der Waals surface area contributed by atoms with Crippen LogP contribution in [-0.2, 0) is 16.6 Å². The molecule has 39 heavy (non-hydrogen) atoms. The molecule has 0 unspecified atom stereocenters. The molecular weight excluding hydrogens is 522 g/mol. The van der Waals surface area contributed by atoms with E-state index >= 15 is 0 Å². The molecule has 1 heterocycles. The topological polar surface area (TPSA) is 127 Å². The number of carbonyl (C=O) groups is 2. The van der Waals surface area contributed by atoms with Crippen molar-refractivity contribution in [2.75, 3.05) is 30.9 Å². The number of hydrogen-bond donors (Lipinski definition) is 2. The average molecular weight is 550 g/mol. The number of methoxy groups -OCH3 is 2. The predicted octanol–water partition coefficient (Wildman–Crippen LogP) is 4.30. The van der Waals surface area contributed by atoms with E-state index < -0.39 is 15.9 Å². The molecule has 0 aliphatic rings. The number of nitrogens with zero attached hydrogens (tertiary/aromatic N) is 1. The molecule has 0 spiro atoms. The van der Waals surface area contributed by atoms with Crippen molar-refractivity contribution in [1.29, 1.82) is 0 Å². The lowest BCUT2D eigenvalue weighted by molar-refractivity contribution is 0.0949. The fourth-order valence-corrected chi connectivity index (χ4v) is 4.97. The maximum absolute atomic E-state index is 13.2. The number of hydrogen-bond acceptors (Lipinski definition) is 7. The van der Waals surface area contributed by atoms with E-state index in [1.165, 1.54) is 70.0 Å². The van der Waals surface area contributed by atoms with Gasteiger partial charge in [0.1, 0.15) is 5.76 Å². The number of amides is 2. The highest BCUT2D eigenvalue weighted by Crippen LogP contribution is 2.31. The number of para-hydroxylation sites is 1. The van der Waals surface area contributed by atoms with Gasteiger partial charge < -0.3 is 24.5 Å². The maximum Gasteiger partial charge on any atom is 0.264 e. The lowest BCUT2D eigenvalue weighted by Gasteiger charge is -2.20. The largest absolute Gasteiger partial charge is 0.493 e. The molecule has 0 saturated carbocycles. The van der Waals surface area contributed by atoms with Crippen molar-refractivity contribution < 1.29 is 31.9 Å². The second-order valence-corrected chi connectivity index (χ2v) is 10.3. The molecule has 4 rings (SSSR count). The van der Waals surface area contributed by atoms with Crippen LogP contribution in [0, 0.1) is 0 Å². The van der Waals surface area contributed by atoms with Crippen molar-refractivity contribution in [3.8, 4) is 11.5 Å². The van der Waals surface area contributed by atoms with Gasteiger partial charge in [-0.1, -0.05) is 12.1 Å². The first-order chi connectivity index (χ1) is 18.7. The third-order valence-electron chi connectivity index (χ3n) is 5.93. The van der Waals surface area contributed by atoms with Crippen LogP contribution in [0.25, 0.3) is 0 Å². The van der Waals surface area contributed by atoms with Gasteiger partial charge in [0.15, 0.2) is 11.5 Å². The van der Waals surface area contributed by atoms with Crippen molar-refractivity contribution in [3.63, 3.8) is 0 Å². The number of ether oxygens (including phenoxy) is 2. The normalized spacial score (nSPS) is 10.9. The summed E-state index contributed by atoms with van der Waals surface area (Å²) >= 11 is 0. The summed E-state index contributed by atoms with van der Waals surface area (Å²) in [7, 11) is 0.381. The Labute approximate surface area is 226 Å². The molecule has 0 aliphatic heterocycles. The summed E-state index contributed by atoms with van der Waals surface area (Å²) < 4.78 is 43.1. The van der Waals surface area contributed by atoms with E-state index in [0.717, 1.165) is 4.31 Å². The fraction of sp³-hybridized carbons (Fsp3) is 0.143. The molecule has 10 nitrogen and oxygen atoms in total. The van der Waals surface area contributed by atoms with Gasteiger partial charge in [0.2, 0.25) is 0 Å². The molecule has 0 atom stereocenters. The summed E-state index contributed by atoms with van der Waals surface area (Å²) in [6.45, 7) is 0.204. The Bertz CT molecular complexity index is 1570. The van der Waals surface area contributed by atoms with Crippen molar-refractivity contribution in [3.05, 3.63) is 102 Å². The Morgan fingerprint density at radius 1 is 0.872 bits per heavy atom. The smallest absolute Gasteiger partial charge is 0.264 e. The Morgan fingerprint density at radius 2 is 1.59 bits per heavy atom. The molecule has 0 aliphatic carbocycles. The Balaban J connectivity index is 1.47. The first kappa shape index (κ1) is 27.3. The number of nitrogens with one attached hydrogen (secondary N) is 2. The van der Waals surface area contributed by atoms with E-state index in [1.807, 2.05) is 0 Å². The fourth-order valence-electron chi connectivity index (χ4n) is 3.76. The molecule has 4 aromatic rings. The van der Waals surface area contributed by atoms with Crippen LogP contribution in [0.1, 0.15) is 26.5 Å². The molecule has 0 radical (unpaired) electrons. The van der Waals surface area contributed by atoms with Gasteiger partial charge in [-0.25, -0.2) is 8.42 Å². The van der Waals surface area contributed by atoms with Crippen LogP contribution >= 0.6 is 0 Å². The summed E-state index contributed by atoms with van der Waals surface area (Å²) in [5.74, 6) is 0.459. The number of rotatable bonds is 10. The Morgan fingerprint density at radius 3 is 2.26 bits per heavy atom. The van der Waals surface area contributed by atoms with E-state index in [4.69, 9.17) is 13.9 Å². The standard InChI is InChI=1S/C28H27N3O7S/c1-31(39(34,35)22-14-15-25(36-2)26(17-22)37-3)20-12-10-19(11-13-20)27(32)30-24-9-5-4-8-23(24)28(33)29-18-21-7-6-16-38-21/h4-17H,18H2,1-3H3,(H,29,33)(H,30,32). The van der Waals surface area contributed by atoms with E-state index in [2.05, 4.69) is 10.6 Å². The van der Waals surface area contributed by atoms with Crippen molar-refractivity contribution >= 4 is 33.2 Å². The average Bonchev–Trinajstić information content (AvgIpc) is 3.49. The highest BCUT2D eigenvalue weighted by molar-refractivity contribution is 7.92. The number of furan rings is 1. The van der Waals surface area contributed by atoms with Crippen LogP contribution < -0.4 is 24.4 Å². The van der Waals surface area contributed by atoms with Gasteiger partial charge in [0, 0.05) is 18.7 Å².